The number of likely N-dealkylation sites (N-methyl/N-ethyl adjacent to an activating group) is 1. The number of piperazine rings is 1. The van der Waals surface area contributed by atoms with Crippen LogP contribution < -0.4 is 0 Å². The lowest BCUT2D eigenvalue weighted by atomic mass is 10.2. The normalized spacial score (nSPS) is 14.4. The third kappa shape index (κ3) is 3.76. The van der Waals surface area contributed by atoms with Crippen LogP contribution in [-0.4, -0.2) is 62.8 Å². The van der Waals surface area contributed by atoms with Crippen LogP contribution >= 0.6 is 0 Å². The Morgan fingerprint density at radius 2 is 1.79 bits per heavy atom. The second-order valence-corrected chi connectivity index (χ2v) is 7.39. The number of hydrogen-bond acceptors (Lipinski definition) is 4. The molecular formula is C22H23N5O2. The highest BCUT2D eigenvalue weighted by Crippen LogP contribution is 2.24. The molecular weight excluding hydrogens is 366 g/mol. The summed E-state index contributed by atoms with van der Waals surface area (Å²) in [5.41, 5.74) is 4.12. The third-order valence-electron chi connectivity index (χ3n) is 5.15. The van der Waals surface area contributed by atoms with Crippen molar-refractivity contribution in [2.45, 2.75) is 13.8 Å². The molecule has 1 aromatic carbocycles. The van der Waals surface area contributed by atoms with E-state index in [1.807, 2.05) is 54.8 Å². The van der Waals surface area contributed by atoms with Crippen molar-refractivity contribution in [3.05, 3.63) is 65.7 Å². The number of carbonyl (C=O) groups excluding carboxylic acids is 2. The molecule has 3 aromatic rings. The van der Waals surface area contributed by atoms with Crippen LogP contribution in [0.25, 0.3) is 17.1 Å². The van der Waals surface area contributed by atoms with Crippen LogP contribution in [-0.2, 0) is 4.79 Å². The predicted molar refractivity (Wildman–Crippen MR) is 110 cm³/mol. The minimum atomic E-state index is -0.237. The minimum absolute atomic E-state index is 0.0643. The van der Waals surface area contributed by atoms with Crippen molar-refractivity contribution in [2.75, 3.05) is 26.7 Å². The van der Waals surface area contributed by atoms with E-state index in [1.165, 1.54) is 0 Å². The number of aromatic nitrogens is 3. The van der Waals surface area contributed by atoms with Gasteiger partial charge in [0, 0.05) is 49.5 Å². The summed E-state index contributed by atoms with van der Waals surface area (Å²) in [5.74, 6) is 0.342. The molecule has 0 atom stereocenters. The Bertz CT molecular complexity index is 991. The second kappa shape index (κ2) is 7.50. The Hall–Kier alpha value is -3.48. The van der Waals surface area contributed by atoms with Gasteiger partial charge in [0.25, 0.3) is 5.91 Å². The van der Waals surface area contributed by atoms with Gasteiger partial charge in [-0.2, -0.15) is 0 Å². The monoisotopic (exact) mass is 389 g/mol. The van der Waals surface area contributed by atoms with Crippen LogP contribution in [0.4, 0.5) is 0 Å². The van der Waals surface area contributed by atoms with E-state index in [0.717, 1.165) is 22.5 Å². The minimum Gasteiger partial charge on any atom is -0.342 e. The van der Waals surface area contributed by atoms with Gasteiger partial charge in [-0.3, -0.25) is 19.1 Å². The predicted octanol–water partition coefficient (Wildman–Crippen LogP) is 2.47. The molecule has 2 amide bonds. The van der Waals surface area contributed by atoms with Crippen molar-refractivity contribution < 1.29 is 9.59 Å². The van der Waals surface area contributed by atoms with Gasteiger partial charge < -0.3 is 9.80 Å². The fourth-order valence-electron chi connectivity index (χ4n) is 3.28. The topological polar surface area (TPSA) is 71.3 Å². The van der Waals surface area contributed by atoms with E-state index in [1.54, 1.807) is 29.2 Å². The number of benzene rings is 1. The highest BCUT2D eigenvalue weighted by molar-refractivity contribution is 5.96. The average molecular weight is 389 g/mol. The molecule has 0 aliphatic carbocycles. The molecule has 148 valence electrons. The van der Waals surface area contributed by atoms with Crippen LogP contribution in [0.15, 0.2) is 48.8 Å². The lowest BCUT2D eigenvalue weighted by molar-refractivity contribution is -0.133. The van der Waals surface area contributed by atoms with Gasteiger partial charge in [-0.1, -0.05) is 17.7 Å². The Morgan fingerprint density at radius 3 is 2.45 bits per heavy atom. The van der Waals surface area contributed by atoms with Crippen molar-refractivity contribution in [2.24, 2.45) is 0 Å². The summed E-state index contributed by atoms with van der Waals surface area (Å²) < 4.78 is 1.90. The zero-order valence-corrected chi connectivity index (χ0v) is 16.8. The summed E-state index contributed by atoms with van der Waals surface area (Å²) in [7, 11) is 1.75. The van der Waals surface area contributed by atoms with Crippen molar-refractivity contribution in [3.8, 4) is 17.1 Å². The fourth-order valence-corrected chi connectivity index (χ4v) is 3.28. The Kier molecular flexibility index (Phi) is 4.88. The summed E-state index contributed by atoms with van der Waals surface area (Å²) in [6.07, 6.45) is 3.50. The molecule has 1 aliphatic rings. The number of amides is 2. The summed E-state index contributed by atoms with van der Waals surface area (Å²) in [6.45, 7) is 5.06. The molecule has 1 fully saturated rings. The van der Waals surface area contributed by atoms with E-state index < -0.39 is 0 Å². The van der Waals surface area contributed by atoms with E-state index in [2.05, 4.69) is 9.97 Å². The van der Waals surface area contributed by atoms with Gasteiger partial charge in [-0.05, 0) is 38.1 Å². The third-order valence-corrected chi connectivity index (χ3v) is 5.15. The van der Waals surface area contributed by atoms with Gasteiger partial charge in [0.1, 0.15) is 18.1 Å². The Balaban J connectivity index is 1.75. The van der Waals surface area contributed by atoms with Gasteiger partial charge in [-0.15, -0.1) is 0 Å². The smallest absolute Gasteiger partial charge is 0.274 e. The quantitative estimate of drug-likeness (QED) is 0.690. The summed E-state index contributed by atoms with van der Waals surface area (Å²) in [6, 6.07) is 11.9. The number of pyridine rings is 1. The van der Waals surface area contributed by atoms with Crippen LogP contribution in [0, 0.1) is 13.8 Å². The van der Waals surface area contributed by atoms with E-state index in [4.69, 9.17) is 0 Å². The Morgan fingerprint density at radius 1 is 1.03 bits per heavy atom. The molecule has 0 saturated carbocycles. The highest BCUT2D eigenvalue weighted by Gasteiger charge is 2.28. The number of carbonyl (C=O) groups is 2. The molecule has 0 N–H and O–H groups in total. The van der Waals surface area contributed by atoms with E-state index in [-0.39, 0.29) is 18.4 Å². The maximum Gasteiger partial charge on any atom is 0.274 e. The first kappa shape index (κ1) is 18.9. The van der Waals surface area contributed by atoms with Crippen LogP contribution in [0.3, 0.4) is 0 Å². The SMILES string of the molecule is Cc1ccc(-n2cc(C(=O)N3CCN(C)C(=O)C3)nc2-c2ccc(C)nc2)cc1. The zero-order valence-electron chi connectivity index (χ0n) is 16.8. The first-order valence-electron chi connectivity index (χ1n) is 9.55. The van der Waals surface area contributed by atoms with E-state index in [9.17, 15) is 9.59 Å². The molecule has 7 heteroatoms. The zero-order chi connectivity index (χ0) is 20.5. The van der Waals surface area contributed by atoms with Crippen LogP contribution in [0.1, 0.15) is 21.7 Å². The van der Waals surface area contributed by atoms with Crippen molar-refractivity contribution in [3.63, 3.8) is 0 Å². The van der Waals surface area contributed by atoms with Crippen LogP contribution in [0.5, 0.6) is 0 Å². The van der Waals surface area contributed by atoms with Gasteiger partial charge in [0.2, 0.25) is 5.91 Å². The molecule has 0 radical (unpaired) electrons. The molecule has 4 rings (SSSR count). The average Bonchev–Trinajstić information content (AvgIpc) is 3.16. The largest absolute Gasteiger partial charge is 0.342 e. The molecule has 3 heterocycles. The van der Waals surface area contributed by atoms with E-state index >= 15 is 0 Å². The maximum absolute atomic E-state index is 13.1. The van der Waals surface area contributed by atoms with Gasteiger partial charge in [0.15, 0.2) is 0 Å². The standard InChI is InChI=1S/C22H23N5O2/c1-15-4-8-18(9-5-15)27-13-19(22(29)26-11-10-25(3)20(28)14-26)24-21(27)17-7-6-16(2)23-12-17/h4-9,12-13H,10-11,14H2,1-3H3. The number of hydrogen-bond donors (Lipinski definition) is 0. The first-order chi connectivity index (χ1) is 13.9. The molecule has 1 saturated heterocycles. The molecule has 0 bridgehead atoms. The highest BCUT2D eigenvalue weighted by atomic mass is 16.2. The van der Waals surface area contributed by atoms with Crippen molar-refractivity contribution in [1.29, 1.82) is 0 Å². The number of rotatable bonds is 3. The second-order valence-electron chi connectivity index (χ2n) is 7.39. The summed E-state index contributed by atoms with van der Waals surface area (Å²) >= 11 is 0. The lowest BCUT2D eigenvalue weighted by Crippen LogP contribution is -2.50. The first-order valence-corrected chi connectivity index (χ1v) is 9.55. The number of imidazole rings is 1. The fraction of sp³-hybridized carbons (Fsp3) is 0.273. The number of aryl methyl sites for hydroxylation is 2. The number of nitrogens with zero attached hydrogens (tertiary/aromatic N) is 5. The summed E-state index contributed by atoms with van der Waals surface area (Å²) in [5, 5.41) is 0. The molecule has 29 heavy (non-hydrogen) atoms. The van der Waals surface area contributed by atoms with Gasteiger partial charge in [-0.25, -0.2) is 4.98 Å². The summed E-state index contributed by atoms with van der Waals surface area (Å²) in [4.78, 5) is 37.3. The van der Waals surface area contributed by atoms with Crippen LogP contribution in [0.2, 0.25) is 0 Å². The maximum atomic E-state index is 13.1. The Labute approximate surface area is 169 Å². The molecule has 0 spiro atoms. The van der Waals surface area contributed by atoms with Crippen molar-refractivity contribution >= 4 is 11.8 Å². The molecule has 1 aliphatic heterocycles. The van der Waals surface area contributed by atoms with Gasteiger partial charge >= 0.3 is 0 Å². The molecule has 0 unspecified atom stereocenters. The molecule has 7 nitrogen and oxygen atoms in total. The lowest BCUT2D eigenvalue weighted by Gasteiger charge is -2.31. The molecule has 2 aromatic heterocycles. The van der Waals surface area contributed by atoms with E-state index in [0.29, 0.717) is 24.6 Å². The van der Waals surface area contributed by atoms with Crippen molar-refractivity contribution in [1.82, 2.24) is 24.3 Å². The van der Waals surface area contributed by atoms with Gasteiger partial charge in [0.05, 0.1) is 0 Å².